The minimum Gasteiger partial charge on any atom is -0.347 e. The highest BCUT2D eigenvalue weighted by atomic mass is 19.4. The molecule has 0 saturated heterocycles. The summed E-state index contributed by atoms with van der Waals surface area (Å²) in [6.45, 7) is 1.89. The maximum Gasteiger partial charge on any atom is 0.417 e. The van der Waals surface area contributed by atoms with Crippen LogP contribution in [0, 0.1) is 5.82 Å². The number of fused-ring (bicyclic) bond motifs is 1. The van der Waals surface area contributed by atoms with E-state index in [1.165, 1.54) is 30.3 Å². The Morgan fingerprint density at radius 3 is 2.46 bits per heavy atom. The molecule has 0 spiro atoms. The van der Waals surface area contributed by atoms with Gasteiger partial charge in [0.05, 0.1) is 11.3 Å². The number of alkyl halides is 3. The number of benzene rings is 1. The number of pyridine rings is 1. The summed E-state index contributed by atoms with van der Waals surface area (Å²) >= 11 is 0. The van der Waals surface area contributed by atoms with Crippen LogP contribution in [0.3, 0.4) is 0 Å². The number of aryl methyl sites for hydroxylation is 1. The highest BCUT2D eigenvalue weighted by Gasteiger charge is 2.31. The highest BCUT2D eigenvalue weighted by Crippen LogP contribution is 2.30. The molecule has 136 valence electrons. The Bertz CT molecular complexity index is 945. The molecule has 3 aromatic rings. The van der Waals surface area contributed by atoms with Crippen molar-refractivity contribution in [3.05, 3.63) is 70.9 Å². The van der Waals surface area contributed by atoms with E-state index in [0.29, 0.717) is 17.7 Å². The molecular formula is C18H15F4N3O. The SMILES string of the molecule is CCc1nc2ccc(C(F)(F)F)cn2c1C(=O)NCc1ccc(F)cc1. The first-order valence-corrected chi connectivity index (χ1v) is 7.90. The average Bonchev–Trinajstić information content (AvgIpc) is 2.98. The molecule has 0 unspecified atom stereocenters. The normalized spacial score (nSPS) is 11.7. The second-order valence-corrected chi connectivity index (χ2v) is 5.71. The first-order chi connectivity index (χ1) is 12.3. The molecule has 0 aliphatic carbocycles. The monoisotopic (exact) mass is 365 g/mol. The Morgan fingerprint density at radius 2 is 1.85 bits per heavy atom. The quantitative estimate of drug-likeness (QED) is 0.711. The average molecular weight is 365 g/mol. The number of amides is 1. The summed E-state index contributed by atoms with van der Waals surface area (Å²) in [5.41, 5.74) is 0.540. The van der Waals surface area contributed by atoms with Crippen molar-refractivity contribution in [3.8, 4) is 0 Å². The van der Waals surface area contributed by atoms with Gasteiger partial charge in [-0.1, -0.05) is 19.1 Å². The van der Waals surface area contributed by atoms with Crippen molar-refractivity contribution < 1.29 is 22.4 Å². The molecule has 0 atom stereocenters. The maximum atomic E-state index is 13.0. The van der Waals surface area contributed by atoms with E-state index in [9.17, 15) is 22.4 Å². The van der Waals surface area contributed by atoms with Crippen LogP contribution in [0.5, 0.6) is 0 Å². The van der Waals surface area contributed by atoms with Crippen molar-refractivity contribution in [2.75, 3.05) is 0 Å². The first-order valence-electron chi connectivity index (χ1n) is 7.90. The molecule has 3 rings (SSSR count). The molecule has 2 heterocycles. The van der Waals surface area contributed by atoms with Crippen molar-refractivity contribution in [2.45, 2.75) is 26.1 Å². The Kier molecular flexibility index (Phi) is 4.67. The summed E-state index contributed by atoms with van der Waals surface area (Å²) in [7, 11) is 0. The van der Waals surface area contributed by atoms with Crippen LogP contribution in [0.25, 0.3) is 5.65 Å². The molecular weight excluding hydrogens is 350 g/mol. The van der Waals surface area contributed by atoms with E-state index in [1.54, 1.807) is 6.92 Å². The molecule has 0 saturated carbocycles. The van der Waals surface area contributed by atoms with Crippen LogP contribution >= 0.6 is 0 Å². The van der Waals surface area contributed by atoms with Crippen LogP contribution in [-0.4, -0.2) is 15.3 Å². The molecule has 0 aliphatic heterocycles. The van der Waals surface area contributed by atoms with Crippen LogP contribution in [0.2, 0.25) is 0 Å². The third-order valence-electron chi connectivity index (χ3n) is 3.93. The smallest absolute Gasteiger partial charge is 0.347 e. The Morgan fingerprint density at radius 1 is 1.15 bits per heavy atom. The molecule has 4 nitrogen and oxygen atoms in total. The number of rotatable bonds is 4. The summed E-state index contributed by atoms with van der Waals surface area (Å²) in [6, 6.07) is 7.74. The summed E-state index contributed by atoms with van der Waals surface area (Å²) in [6.07, 6.45) is -3.26. The van der Waals surface area contributed by atoms with Gasteiger partial charge < -0.3 is 5.32 Å². The molecule has 0 aliphatic rings. The minimum atomic E-state index is -4.52. The van der Waals surface area contributed by atoms with Gasteiger partial charge in [0, 0.05) is 12.7 Å². The fourth-order valence-corrected chi connectivity index (χ4v) is 2.62. The van der Waals surface area contributed by atoms with E-state index in [4.69, 9.17) is 0 Å². The number of carbonyl (C=O) groups is 1. The first kappa shape index (κ1) is 17.9. The number of carbonyl (C=O) groups excluding carboxylic acids is 1. The van der Waals surface area contributed by atoms with Crippen LogP contribution in [0.4, 0.5) is 17.6 Å². The van der Waals surface area contributed by atoms with E-state index in [-0.39, 0.29) is 17.9 Å². The topological polar surface area (TPSA) is 46.4 Å². The third-order valence-corrected chi connectivity index (χ3v) is 3.93. The van der Waals surface area contributed by atoms with Gasteiger partial charge in [0.1, 0.15) is 17.2 Å². The zero-order valence-electron chi connectivity index (χ0n) is 13.8. The van der Waals surface area contributed by atoms with Gasteiger partial charge in [0.2, 0.25) is 0 Å². The number of hydrogen-bond acceptors (Lipinski definition) is 2. The van der Waals surface area contributed by atoms with E-state index in [2.05, 4.69) is 10.3 Å². The zero-order chi connectivity index (χ0) is 18.9. The van der Waals surface area contributed by atoms with Crippen molar-refractivity contribution in [2.24, 2.45) is 0 Å². The van der Waals surface area contributed by atoms with Crippen molar-refractivity contribution in [1.82, 2.24) is 14.7 Å². The maximum absolute atomic E-state index is 13.0. The Balaban J connectivity index is 1.93. The van der Waals surface area contributed by atoms with Gasteiger partial charge in [-0.05, 0) is 36.2 Å². The van der Waals surface area contributed by atoms with Gasteiger partial charge in [-0.15, -0.1) is 0 Å². The Hall–Kier alpha value is -2.90. The summed E-state index contributed by atoms with van der Waals surface area (Å²) in [5, 5.41) is 2.64. The predicted molar refractivity (Wildman–Crippen MR) is 87.1 cm³/mol. The number of nitrogens with zero attached hydrogens (tertiary/aromatic N) is 2. The zero-order valence-corrected chi connectivity index (χ0v) is 13.8. The van der Waals surface area contributed by atoms with Gasteiger partial charge in [0.25, 0.3) is 5.91 Å². The fraction of sp³-hybridized carbons (Fsp3) is 0.222. The van der Waals surface area contributed by atoms with Gasteiger partial charge in [0.15, 0.2) is 0 Å². The summed E-state index contributed by atoms with van der Waals surface area (Å²) < 4.78 is 53.0. The lowest BCUT2D eigenvalue weighted by molar-refractivity contribution is -0.137. The largest absolute Gasteiger partial charge is 0.417 e. The number of halogens is 4. The van der Waals surface area contributed by atoms with Gasteiger partial charge in [-0.25, -0.2) is 9.37 Å². The second kappa shape index (κ2) is 6.78. The highest BCUT2D eigenvalue weighted by molar-refractivity contribution is 5.94. The molecule has 1 amide bonds. The van der Waals surface area contributed by atoms with Gasteiger partial charge in [-0.3, -0.25) is 9.20 Å². The standard InChI is InChI=1S/C18H15F4N3O/c1-2-14-16(17(26)23-9-11-3-6-13(19)7-4-11)25-10-12(18(20,21)22)5-8-15(25)24-14/h3-8,10H,2,9H2,1H3,(H,23,26). The Labute approximate surface area is 146 Å². The lowest BCUT2D eigenvalue weighted by Gasteiger charge is -2.09. The van der Waals surface area contributed by atoms with E-state index in [0.717, 1.165) is 16.7 Å². The van der Waals surface area contributed by atoms with E-state index < -0.39 is 23.5 Å². The minimum absolute atomic E-state index is 0.0655. The van der Waals surface area contributed by atoms with Crippen LogP contribution < -0.4 is 5.32 Å². The molecule has 2 aromatic heterocycles. The molecule has 1 N–H and O–H groups in total. The van der Waals surface area contributed by atoms with Crippen molar-refractivity contribution in [1.29, 1.82) is 0 Å². The predicted octanol–water partition coefficient (Wildman–Crippen LogP) is 3.98. The molecule has 8 heteroatoms. The molecule has 0 fully saturated rings. The second-order valence-electron chi connectivity index (χ2n) is 5.71. The number of aromatic nitrogens is 2. The summed E-state index contributed by atoms with van der Waals surface area (Å²) in [5.74, 6) is -0.937. The molecule has 1 aromatic carbocycles. The number of imidazole rings is 1. The molecule has 26 heavy (non-hydrogen) atoms. The molecule has 0 radical (unpaired) electrons. The van der Waals surface area contributed by atoms with Crippen molar-refractivity contribution >= 4 is 11.6 Å². The summed E-state index contributed by atoms with van der Waals surface area (Å²) in [4.78, 5) is 16.8. The van der Waals surface area contributed by atoms with Crippen LogP contribution in [-0.2, 0) is 19.1 Å². The van der Waals surface area contributed by atoms with E-state index >= 15 is 0 Å². The van der Waals surface area contributed by atoms with Gasteiger partial charge >= 0.3 is 6.18 Å². The lowest BCUT2D eigenvalue weighted by atomic mass is 10.2. The van der Waals surface area contributed by atoms with Crippen LogP contribution in [0.1, 0.15) is 34.2 Å². The van der Waals surface area contributed by atoms with Gasteiger partial charge in [-0.2, -0.15) is 13.2 Å². The van der Waals surface area contributed by atoms with Crippen molar-refractivity contribution in [3.63, 3.8) is 0 Å². The third kappa shape index (κ3) is 3.54. The lowest BCUT2D eigenvalue weighted by Crippen LogP contribution is -2.25. The molecule has 0 bridgehead atoms. The number of nitrogens with one attached hydrogen (secondary N) is 1. The van der Waals surface area contributed by atoms with E-state index in [1.807, 2.05) is 0 Å². The van der Waals surface area contributed by atoms with Crippen LogP contribution in [0.15, 0.2) is 42.6 Å². The fourth-order valence-electron chi connectivity index (χ4n) is 2.62. The number of hydrogen-bond donors (Lipinski definition) is 1.